The number of carbonyl (C=O) groups excluding carboxylic acids is 1. The molecule has 0 aliphatic carbocycles. The van der Waals surface area contributed by atoms with Crippen LogP contribution in [0, 0.1) is 0 Å². The highest BCUT2D eigenvalue weighted by Crippen LogP contribution is 2.38. The molecule has 0 fully saturated rings. The zero-order valence-electron chi connectivity index (χ0n) is 16.4. The monoisotopic (exact) mass is 381 g/mol. The number of aryl methyl sites for hydroxylation is 1. The zero-order chi connectivity index (χ0) is 20.1. The molecular weight excluding hydrogens is 358 g/mol. The molecule has 7 heteroatoms. The summed E-state index contributed by atoms with van der Waals surface area (Å²) in [5.74, 6) is 0.858. The van der Waals surface area contributed by atoms with Gasteiger partial charge in [0.15, 0.2) is 11.5 Å². The van der Waals surface area contributed by atoms with Crippen molar-refractivity contribution in [3.8, 4) is 17.2 Å². The predicted molar refractivity (Wildman–Crippen MR) is 109 cm³/mol. The molecule has 1 aromatic heterocycles. The molecule has 0 saturated carbocycles. The van der Waals surface area contributed by atoms with Gasteiger partial charge in [-0.15, -0.1) is 0 Å². The van der Waals surface area contributed by atoms with Crippen LogP contribution in [0.15, 0.2) is 47.7 Å². The van der Waals surface area contributed by atoms with E-state index in [9.17, 15) is 4.79 Å². The molecule has 0 saturated heterocycles. The number of hydrogen-bond acceptors (Lipinski definition) is 5. The van der Waals surface area contributed by atoms with E-state index in [1.807, 2.05) is 24.4 Å². The average molecular weight is 381 g/mol. The van der Waals surface area contributed by atoms with Crippen molar-refractivity contribution >= 4 is 23.0 Å². The van der Waals surface area contributed by atoms with Crippen LogP contribution in [0.2, 0.25) is 0 Å². The smallest absolute Gasteiger partial charge is 0.271 e. The van der Waals surface area contributed by atoms with Crippen LogP contribution in [0.1, 0.15) is 22.8 Å². The fraction of sp³-hybridized carbons (Fsp3) is 0.238. The third-order valence-electron chi connectivity index (χ3n) is 4.46. The van der Waals surface area contributed by atoms with E-state index < -0.39 is 0 Å². The number of fused-ring (bicyclic) bond motifs is 1. The van der Waals surface area contributed by atoms with Gasteiger partial charge in [-0.25, -0.2) is 5.43 Å². The maximum atomic E-state index is 12.5. The van der Waals surface area contributed by atoms with E-state index >= 15 is 0 Å². The molecule has 0 unspecified atom stereocenters. The molecule has 0 atom stereocenters. The molecule has 0 aliphatic rings. The Labute approximate surface area is 163 Å². The largest absolute Gasteiger partial charge is 0.493 e. The SMILES string of the molecule is CCn1cc(/C=N/NC(=O)c2cc(OC)c(OC)c(OC)c2)c2ccccc21. The minimum Gasteiger partial charge on any atom is -0.493 e. The van der Waals surface area contributed by atoms with Gasteiger partial charge in [0.25, 0.3) is 5.91 Å². The first kappa shape index (κ1) is 19.3. The molecule has 0 aliphatic heterocycles. The van der Waals surface area contributed by atoms with Crippen molar-refractivity contribution in [2.75, 3.05) is 21.3 Å². The first-order valence-corrected chi connectivity index (χ1v) is 8.84. The van der Waals surface area contributed by atoms with Crippen LogP contribution in [0.5, 0.6) is 17.2 Å². The number of benzene rings is 2. The van der Waals surface area contributed by atoms with E-state index in [0.717, 1.165) is 23.0 Å². The van der Waals surface area contributed by atoms with Gasteiger partial charge in [0.05, 0.1) is 27.5 Å². The molecule has 28 heavy (non-hydrogen) atoms. The lowest BCUT2D eigenvalue weighted by Crippen LogP contribution is -2.18. The van der Waals surface area contributed by atoms with Crippen molar-refractivity contribution in [3.63, 3.8) is 0 Å². The quantitative estimate of drug-likeness (QED) is 0.502. The summed E-state index contributed by atoms with van der Waals surface area (Å²) in [7, 11) is 4.51. The van der Waals surface area contributed by atoms with Gasteiger partial charge in [-0.2, -0.15) is 5.10 Å². The molecule has 3 rings (SSSR count). The Hall–Kier alpha value is -3.48. The van der Waals surface area contributed by atoms with Crippen LogP contribution in [-0.2, 0) is 6.54 Å². The van der Waals surface area contributed by atoms with Crippen LogP contribution in [-0.4, -0.2) is 38.0 Å². The van der Waals surface area contributed by atoms with Crippen molar-refractivity contribution in [1.29, 1.82) is 0 Å². The Bertz CT molecular complexity index is 999. The number of amides is 1. The first-order valence-electron chi connectivity index (χ1n) is 8.84. The summed E-state index contributed by atoms with van der Waals surface area (Å²) >= 11 is 0. The maximum absolute atomic E-state index is 12.5. The predicted octanol–water partition coefficient (Wildman–Crippen LogP) is 3.45. The summed E-state index contributed by atoms with van der Waals surface area (Å²) in [4.78, 5) is 12.5. The van der Waals surface area contributed by atoms with Crippen LogP contribution in [0.3, 0.4) is 0 Å². The lowest BCUT2D eigenvalue weighted by molar-refractivity contribution is 0.0954. The fourth-order valence-corrected chi connectivity index (χ4v) is 3.08. The second-order valence-corrected chi connectivity index (χ2v) is 6.00. The summed E-state index contributed by atoms with van der Waals surface area (Å²) in [6, 6.07) is 11.2. The molecule has 1 amide bonds. The third-order valence-corrected chi connectivity index (χ3v) is 4.46. The molecule has 2 aromatic carbocycles. The van der Waals surface area contributed by atoms with Gasteiger partial charge in [0.2, 0.25) is 5.75 Å². The van der Waals surface area contributed by atoms with E-state index in [0.29, 0.717) is 22.8 Å². The molecule has 0 bridgehead atoms. The molecule has 3 aromatic rings. The van der Waals surface area contributed by atoms with E-state index in [2.05, 4.69) is 28.1 Å². The van der Waals surface area contributed by atoms with Crippen molar-refractivity contribution in [1.82, 2.24) is 9.99 Å². The number of hydrogen-bond donors (Lipinski definition) is 1. The molecular formula is C21H23N3O4. The number of carbonyl (C=O) groups is 1. The highest BCUT2D eigenvalue weighted by Gasteiger charge is 2.16. The van der Waals surface area contributed by atoms with Crippen molar-refractivity contribution in [2.24, 2.45) is 5.10 Å². The normalized spacial score (nSPS) is 11.0. The second kappa shape index (κ2) is 8.47. The Kier molecular flexibility index (Phi) is 5.84. The standard InChI is InChI=1S/C21H23N3O4/c1-5-24-13-15(16-8-6-7-9-17(16)24)12-22-23-21(25)14-10-18(26-2)20(28-4)19(11-14)27-3/h6-13H,5H2,1-4H3,(H,23,25)/b22-12+. The van der Waals surface area contributed by atoms with Gasteiger partial charge in [-0.3, -0.25) is 4.79 Å². The second-order valence-electron chi connectivity index (χ2n) is 6.00. The van der Waals surface area contributed by atoms with Gasteiger partial charge in [-0.05, 0) is 25.1 Å². The molecule has 146 valence electrons. The van der Waals surface area contributed by atoms with Gasteiger partial charge >= 0.3 is 0 Å². The zero-order valence-corrected chi connectivity index (χ0v) is 16.4. The molecule has 0 radical (unpaired) electrons. The Morgan fingerprint density at radius 3 is 2.39 bits per heavy atom. The van der Waals surface area contributed by atoms with Gasteiger partial charge < -0.3 is 18.8 Å². The first-order chi connectivity index (χ1) is 13.6. The average Bonchev–Trinajstić information content (AvgIpc) is 3.10. The number of para-hydroxylation sites is 1. The molecule has 0 spiro atoms. The van der Waals surface area contributed by atoms with Crippen LogP contribution in [0.25, 0.3) is 10.9 Å². The number of aromatic nitrogens is 1. The maximum Gasteiger partial charge on any atom is 0.271 e. The lowest BCUT2D eigenvalue weighted by atomic mass is 10.1. The van der Waals surface area contributed by atoms with E-state index in [4.69, 9.17) is 14.2 Å². The van der Waals surface area contributed by atoms with E-state index in [1.54, 1.807) is 18.3 Å². The highest BCUT2D eigenvalue weighted by atomic mass is 16.5. The van der Waals surface area contributed by atoms with Gasteiger partial charge in [0.1, 0.15) is 0 Å². The summed E-state index contributed by atoms with van der Waals surface area (Å²) in [6.45, 7) is 2.94. The number of methoxy groups -OCH3 is 3. The summed E-state index contributed by atoms with van der Waals surface area (Å²) in [6.07, 6.45) is 3.66. The Balaban J connectivity index is 1.83. The number of rotatable bonds is 7. The van der Waals surface area contributed by atoms with E-state index in [-0.39, 0.29) is 5.91 Å². The van der Waals surface area contributed by atoms with Gasteiger partial charge in [0, 0.05) is 34.8 Å². The Morgan fingerprint density at radius 1 is 1.11 bits per heavy atom. The minimum atomic E-state index is -0.380. The van der Waals surface area contributed by atoms with Crippen molar-refractivity contribution in [2.45, 2.75) is 13.5 Å². The van der Waals surface area contributed by atoms with Crippen molar-refractivity contribution < 1.29 is 19.0 Å². The lowest BCUT2D eigenvalue weighted by Gasteiger charge is -2.13. The highest BCUT2D eigenvalue weighted by molar-refractivity contribution is 6.00. The summed E-state index contributed by atoms with van der Waals surface area (Å²) in [5.41, 5.74) is 4.96. The molecule has 7 nitrogen and oxygen atoms in total. The van der Waals surface area contributed by atoms with Crippen molar-refractivity contribution in [3.05, 3.63) is 53.7 Å². The summed E-state index contributed by atoms with van der Waals surface area (Å²) in [5, 5.41) is 5.20. The van der Waals surface area contributed by atoms with Crippen LogP contribution in [0.4, 0.5) is 0 Å². The van der Waals surface area contributed by atoms with E-state index in [1.165, 1.54) is 21.3 Å². The Morgan fingerprint density at radius 2 is 1.79 bits per heavy atom. The van der Waals surface area contributed by atoms with Crippen LogP contribution >= 0.6 is 0 Å². The fourth-order valence-electron chi connectivity index (χ4n) is 3.08. The van der Waals surface area contributed by atoms with Crippen LogP contribution < -0.4 is 19.6 Å². The van der Waals surface area contributed by atoms with Gasteiger partial charge in [-0.1, -0.05) is 18.2 Å². The number of nitrogens with zero attached hydrogens (tertiary/aromatic N) is 2. The minimum absolute atomic E-state index is 0.350. The third kappa shape index (κ3) is 3.64. The number of hydrazone groups is 1. The summed E-state index contributed by atoms with van der Waals surface area (Å²) < 4.78 is 18.0. The number of ether oxygens (including phenoxy) is 3. The number of nitrogens with one attached hydrogen (secondary N) is 1. The molecule has 1 heterocycles. The molecule has 1 N–H and O–H groups in total. The topological polar surface area (TPSA) is 74.1 Å².